The molecule has 0 amide bonds. The van der Waals surface area contributed by atoms with Gasteiger partial charge in [-0.2, -0.15) is 13.9 Å². The van der Waals surface area contributed by atoms with Gasteiger partial charge >= 0.3 is 12.6 Å². The summed E-state index contributed by atoms with van der Waals surface area (Å²) < 4.78 is 28.5. The first kappa shape index (κ1) is 10.7. The van der Waals surface area contributed by atoms with Crippen LogP contribution >= 0.6 is 11.6 Å². The van der Waals surface area contributed by atoms with Crippen molar-refractivity contribution in [2.45, 2.75) is 6.61 Å². The van der Waals surface area contributed by atoms with Gasteiger partial charge in [-0.1, -0.05) is 11.6 Å². The molecule has 0 atom stereocenters. The van der Waals surface area contributed by atoms with E-state index in [-0.39, 0.29) is 0 Å². The Bertz CT molecular complexity index is 366. The molecule has 1 aromatic rings. The Labute approximate surface area is 81.8 Å². The van der Waals surface area contributed by atoms with Crippen LogP contribution in [0.3, 0.4) is 0 Å². The van der Waals surface area contributed by atoms with Crippen LogP contribution in [0.1, 0.15) is 10.5 Å². The molecular formula is C6H5ClF2N2O3. The van der Waals surface area contributed by atoms with Gasteiger partial charge in [0, 0.05) is 7.05 Å². The number of aromatic nitrogens is 2. The van der Waals surface area contributed by atoms with Crippen molar-refractivity contribution in [2.24, 2.45) is 7.05 Å². The topological polar surface area (TPSA) is 64.4 Å². The second-order valence-corrected chi connectivity index (χ2v) is 2.65. The second-order valence-electron chi connectivity index (χ2n) is 2.28. The zero-order chi connectivity index (χ0) is 10.9. The van der Waals surface area contributed by atoms with Crippen LogP contribution in [0, 0.1) is 0 Å². The smallest absolute Gasteiger partial charge is 0.388 e. The summed E-state index contributed by atoms with van der Waals surface area (Å²) >= 11 is 5.45. The van der Waals surface area contributed by atoms with Crippen LogP contribution in [0.2, 0.25) is 5.02 Å². The predicted octanol–water partition coefficient (Wildman–Crippen LogP) is 1.37. The largest absolute Gasteiger partial charge is 0.476 e. The molecule has 0 bridgehead atoms. The Morgan fingerprint density at radius 2 is 2.29 bits per heavy atom. The van der Waals surface area contributed by atoms with E-state index in [1.807, 2.05) is 0 Å². The first-order valence-corrected chi connectivity index (χ1v) is 3.72. The summed E-state index contributed by atoms with van der Waals surface area (Å²) in [6, 6.07) is 0. The van der Waals surface area contributed by atoms with E-state index in [9.17, 15) is 13.6 Å². The fourth-order valence-electron chi connectivity index (χ4n) is 0.832. The molecule has 0 radical (unpaired) electrons. The molecule has 0 fully saturated rings. The van der Waals surface area contributed by atoms with Gasteiger partial charge in [-0.05, 0) is 0 Å². The molecule has 78 valence electrons. The van der Waals surface area contributed by atoms with Crippen LogP contribution in [-0.4, -0.2) is 27.5 Å². The first-order valence-electron chi connectivity index (χ1n) is 3.34. The molecule has 1 N–H and O–H groups in total. The van der Waals surface area contributed by atoms with Gasteiger partial charge in [-0.3, -0.25) is 0 Å². The van der Waals surface area contributed by atoms with Crippen LogP contribution in [-0.2, 0) is 7.05 Å². The zero-order valence-corrected chi connectivity index (χ0v) is 7.63. The number of hydrogen-bond acceptors (Lipinski definition) is 3. The average Bonchev–Trinajstić information content (AvgIpc) is 2.31. The van der Waals surface area contributed by atoms with Gasteiger partial charge in [0.1, 0.15) is 5.02 Å². The summed E-state index contributed by atoms with van der Waals surface area (Å²) in [6.07, 6.45) is 0. The van der Waals surface area contributed by atoms with E-state index in [2.05, 4.69) is 9.84 Å². The number of carbonyl (C=O) groups is 1. The molecular weight excluding hydrogens is 222 g/mol. The SMILES string of the molecule is Cn1nc(C(=O)O)c(Cl)c1OC(F)F. The van der Waals surface area contributed by atoms with Crippen molar-refractivity contribution < 1.29 is 23.4 Å². The highest BCUT2D eigenvalue weighted by Gasteiger charge is 2.22. The van der Waals surface area contributed by atoms with E-state index in [1.165, 1.54) is 7.05 Å². The van der Waals surface area contributed by atoms with Crippen molar-refractivity contribution in [1.29, 1.82) is 0 Å². The third-order valence-electron chi connectivity index (χ3n) is 1.34. The molecule has 0 aromatic carbocycles. The lowest BCUT2D eigenvalue weighted by Crippen LogP contribution is -2.06. The van der Waals surface area contributed by atoms with Crippen molar-refractivity contribution in [3.05, 3.63) is 10.7 Å². The Morgan fingerprint density at radius 1 is 1.71 bits per heavy atom. The maximum absolute atomic E-state index is 11.8. The minimum absolute atomic E-state index is 0.444. The second kappa shape index (κ2) is 3.79. The molecule has 5 nitrogen and oxygen atoms in total. The van der Waals surface area contributed by atoms with Crippen molar-refractivity contribution in [2.75, 3.05) is 0 Å². The molecule has 8 heteroatoms. The highest BCUT2D eigenvalue weighted by molar-refractivity contribution is 6.34. The standard InChI is InChI=1S/C6H5ClF2N2O3/c1-11-4(14-6(8)9)2(7)3(10-11)5(12)13/h6H,1H3,(H,12,13). The monoisotopic (exact) mass is 226 g/mol. The molecule has 0 aliphatic heterocycles. The molecule has 1 heterocycles. The number of halogens is 3. The number of rotatable bonds is 3. The molecule has 0 saturated heterocycles. The quantitative estimate of drug-likeness (QED) is 0.846. The predicted molar refractivity (Wildman–Crippen MR) is 41.8 cm³/mol. The Kier molecular flexibility index (Phi) is 2.90. The van der Waals surface area contributed by atoms with Crippen LogP contribution in [0.4, 0.5) is 8.78 Å². The van der Waals surface area contributed by atoms with E-state index in [1.54, 1.807) is 0 Å². The minimum Gasteiger partial charge on any atom is -0.476 e. The summed E-state index contributed by atoms with van der Waals surface area (Å²) in [5, 5.41) is 11.5. The van der Waals surface area contributed by atoms with Crippen LogP contribution in [0.5, 0.6) is 5.88 Å². The molecule has 0 aliphatic rings. The molecule has 1 aromatic heterocycles. The maximum Gasteiger partial charge on any atom is 0.388 e. The molecule has 0 aliphatic carbocycles. The minimum atomic E-state index is -3.08. The molecule has 0 saturated carbocycles. The van der Waals surface area contributed by atoms with Crippen molar-refractivity contribution in [1.82, 2.24) is 9.78 Å². The van der Waals surface area contributed by atoms with E-state index in [4.69, 9.17) is 16.7 Å². The highest BCUT2D eigenvalue weighted by atomic mass is 35.5. The number of ether oxygens (including phenoxy) is 1. The zero-order valence-electron chi connectivity index (χ0n) is 6.87. The Hall–Kier alpha value is -1.37. The Morgan fingerprint density at radius 3 is 2.64 bits per heavy atom. The van der Waals surface area contributed by atoms with Crippen LogP contribution in [0.25, 0.3) is 0 Å². The maximum atomic E-state index is 11.8. The lowest BCUT2D eigenvalue weighted by molar-refractivity contribution is -0.0552. The van der Waals surface area contributed by atoms with Crippen molar-refractivity contribution in [3.63, 3.8) is 0 Å². The summed E-state index contributed by atoms with van der Waals surface area (Å²) in [5.41, 5.74) is -0.523. The van der Waals surface area contributed by atoms with Crippen LogP contribution in [0.15, 0.2) is 0 Å². The van der Waals surface area contributed by atoms with Gasteiger partial charge in [-0.15, -0.1) is 0 Å². The van der Waals surface area contributed by atoms with E-state index in [0.29, 0.717) is 0 Å². The normalized spacial score (nSPS) is 10.6. The molecule has 14 heavy (non-hydrogen) atoms. The van der Waals surface area contributed by atoms with Gasteiger partial charge in [0.15, 0.2) is 5.69 Å². The summed E-state index contributed by atoms with van der Waals surface area (Å²) in [5.74, 6) is -1.88. The van der Waals surface area contributed by atoms with E-state index >= 15 is 0 Å². The Balaban J connectivity index is 3.11. The number of alkyl halides is 2. The number of hydrogen-bond donors (Lipinski definition) is 1. The van der Waals surface area contributed by atoms with Gasteiger partial charge in [-0.25, -0.2) is 9.48 Å². The molecule has 0 spiro atoms. The third kappa shape index (κ3) is 1.92. The highest BCUT2D eigenvalue weighted by Crippen LogP contribution is 2.28. The van der Waals surface area contributed by atoms with Gasteiger partial charge in [0.2, 0.25) is 5.88 Å². The lowest BCUT2D eigenvalue weighted by Gasteiger charge is -2.03. The van der Waals surface area contributed by atoms with Gasteiger partial charge < -0.3 is 9.84 Å². The van der Waals surface area contributed by atoms with E-state index < -0.39 is 29.2 Å². The average molecular weight is 227 g/mol. The molecule has 0 unspecified atom stereocenters. The third-order valence-corrected chi connectivity index (χ3v) is 1.68. The molecule has 1 rings (SSSR count). The number of carboxylic acids is 1. The van der Waals surface area contributed by atoms with Crippen LogP contribution < -0.4 is 4.74 Å². The summed E-state index contributed by atoms with van der Waals surface area (Å²) in [7, 11) is 1.25. The fraction of sp³-hybridized carbons (Fsp3) is 0.333. The van der Waals surface area contributed by atoms with Crippen molar-refractivity contribution >= 4 is 17.6 Å². The number of nitrogens with zero attached hydrogens (tertiary/aromatic N) is 2. The number of aromatic carboxylic acids is 1. The van der Waals surface area contributed by atoms with E-state index in [0.717, 1.165) is 4.68 Å². The fourth-order valence-corrected chi connectivity index (χ4v) is 1.12. The number of carboxylic acid groups (broad SMARTS) is 1. The lowest BCUT2D eigenvalue weighted by atomic mass is 10.4. The van der Waals surface area contributed by atoms with Crippen molar-refractivity contribution in [3.8, 4) is 5.88 Å². The first-order chi connectivity index (χ1) is 6.43. The summed E-state index contributed by atoms with van der Waals surface area (Å²) in [6.45, 7) is -3.08. The van der Waals surface area contributed by atoms with Gasteiger partial charge in [0.25, 0.3) is 0 Å². The number of aryl methyl sites for hydroxylation is 1. The summed E-state index contributed by atoms with van der Waals surface area (Å²) in [4.78, 5) is 10.5. The van der Waals surface area contributed by atoms with Gasteiger partial charge in [0.05, 0.1) is 0 Å².